The van der Waals surface area contributed by atoms with E-state index in [1.807, 2.05) is 79.5 Å². The largest absolute Gasteiger partial charge is 0.297 e. The van der Waals surface area contributed by atoms with Crippen LogP contribution in [0.25, 0.3) is 16.9 Å². The quantitative estimate of drug-likeness (QED) is 0.314. The first-order valence-electron chi connectivity index (χ1n) is 11.6. The van der Waals surface area contributed by atoms with Gasteiger partial charge in [-0.25, -0.2) is 14.4 Å². The molecule has 0 radical (unpaired) electrons. The summed E-state index contributed by atoms with van der Waals surface area (Å²) in [4.78, 5) is 23.4. The Morgan fingerprint density at radius 1 is 0.944 bits per heavy atom. The van der Waals surface area contributed by atoms with E-state index in [9.17, 15) is 4.79 Å². The van der Waals surface area contributed by atoms with Crippen LogP contribution in [-0.2, 0) is 7.05 Å². The third kappa shape index (κ3) is 4.38. The van der Waals surface area contributed by atoms with Crippen LogP contribution in [0.1, 0.15) is 23.9 Å². The maximum atomic E-state index is 13.5. The molecule has 5 rings (SSSR count). The van der Waals surface area contributed by atoms with Gasteiger partial charge in [0.2, 0.25) is 4.80 Å². The van der Waals surface area contributed by atoms with Crippen LogP contribution >= 0.6 is 11.3 Å². The van der Waals surface area contributed by atoms with Gasteiger partial charge in [-0.2, -0.15) is 5.10 Å². The second-order valence-corrected chi connectivity index (χ2v) is 9.34. The number of aryl methyl sites for hydroxylation is 1. The highest BCUT2D eigenvalue weighted by atomic mass is 32.1. The molecular weight excluding hydrogens is 468 g/mol. The third-order valence-electron chi connectivity index (χ3n) is 6.05. The first-order valence-corrected chi connectivity index (χ1v) is 12.5. The number of pyridine rings is 1. The number of benzene rings is 2. The second kappa shape index (κ2) is 9.75. The molecule has 0 bridgehead atoms. The number of rotatable bonds is 5. The lowest BCUT2D eigenvalue weighted by molar-refractivity contribution is 0.630. The summed E-state index contributed by atoms with van der Waals surface area (Å²) in [6, 6.07) is 23.6. The molecule has 0 spiro atoms. The topological polar surface area (TPSA) is 69.5 Å². The van der Waals surface area contributed by atoms with Crippen molar-refractivity contribution in [2.24, 2.45) is 17.1 Å². The van der Waals surface area contributed by atoms with Gasteiger partial charge < -0.3 is 0 Å². The molecule has 2 aromatic carbocycles. The van der Waals surface area contributed by atoms with Gasteiger partial charge in [0.25, 0.3) is 5.56 Å². The van der Waals surface area contributed by atoms with Crippen molar-refractivity contribution in [3.05, 3.63) is 116 Å². The minimum atomic E-state index is -0.177. The average molecular weight is 495 g/mol. The van der Waals surface area contributed by atoms with Crippen LogP contribution in [-0.4, -0.2) is 24.7 Å². The fourth-order valence-electron chi connectivity index (χ4n) is 3.95. The summed E-state index contributed by atoms with van der Waals surface area (Å²) in [7, 11) is 1.87. The van der Waals surface area contributed by atoms with Gasteiger partial charge in [-0.3, -0.25) is 14.5 Å². The number of hydrogen-bond acceptors (Lipinski definition) is 5. The minimum absolute atomic E-state index is 0.177. The molecule has 0 amide bonds. The van der Waals surface area contributed by atoms with Gasteiger partial charge in [0.15, 0.2) is 5.69 Å². The van der Waals surface area contributed by atoms with Crippen molar-refractivity contribution in [1.82, 2.24) is 19.0 Å². The van der Waals surface area contributed by atoms with Gasteiger partial charge in [-0.1, -0.05) is 54.1 Å². The van der Waals surface area contributed by atoms with Gasteiger partial charge in [0.05, 0.1) is 28.5 Å². The molecule has 0 fully saturated rings. The Kier molecular flexibility index (Phi) is 6.35. The fourth-order valence-corrected chi connectivity index (χ4v) is 4.79. The average Bonchev–Trinajstić information content (AvgIpc) is 3.39. The molecule has 0 N–H and O–H groups in total. The molecule has 0 aliphatic heterocycles. The number of thiazole rings is 1. The van der Waals surface area contributed by atoms with Crippen molar-refractivity contribution >= 4 is 22.7 Å². The maximum absolute atomic E-state index is 13.5. The van der Waals surface area contributed by atoms with Gasteiger partial charge in [0.1, 0.15) is 0 Å². The summed E-state index contributed by atoms with van der Waals surface area (Å²) >= 11 is 1.45. The van der Waals surface area contributed by atoms with Crippen LogP contribution in [0.15, 0.2) is 99.3 Å². The van der Waals surface area contributed by atoms with Gasteiger partial charge >= 0.3 is 0 Å². The number of para-hydroxylation sites is 1. The fraction of sp³-hybridized carbons (Fsp3) is 0.143. The van der Waals surface area contributed by atoms with Crippen LogP contribution in [0, 0.1) is 13.8 Å². The van der Waals surface area contributed by atoms with E-state index in [0.717, 1.165) is 34.0 Å². The Morgan fingerprint density at radius 2 is 1.67 bits per heavy atom. The van der Waals surface area contributed by atoms with E-state index in [1.54, 1.807) is 15.6 Å². The van der Waals surface area contributed by atoms with Crippen LogP contribution in [0.2, 0.25) is 0 Å². The lowest BCUT2D eigenvalue weighted by Crippen LogP contribution is -2.20. The predicted octanol–water partition coefficient (Wildman–Crippen LogP) is 5.22. The maximum Gasteiger partial charge on any atom is 0.297 e. The zero-order valence-electron chi connectivity index (χ0n) is 20.6. The zero-order valence-corrected chi connectivity index (χ0v) is 21.4. The lowest BCUT2D eigenvalue weighted by Gasteiger charge is -2.07. The highest BCUT2D eigenvalue weighted by Crippen LogP contribution is 2.22. The van der Waals surface area contributed by atoms with Crippen molar-refractivity contribution in [3.63, 3.8) is 0 Å². The van der Waals surface area contributed by atoms with E-state index in [0.29, 0.717) is 10.5 Å². The van der Waals surface area contributed by atoms with E-state index < -0.39 is 0 Å². The molecule has 0 atom stereocenters. The van der Waals surface area contributed by atoms with Crippen molar-refractivity contribution < 1.29 is 0 Å². The minimum Gasteiger partial charge on any atom is -0.283 e. The predicted molar refractivity (Wildman–Crippen MR) is 145 cm³/mol. The highest BCUT2D eigenvalue weighted by molar-refractivity contribution is 7.07. The number of hydrogen-bond donors (Lipinski definition) is 0. The van der Waals surface area contributed by atoms with E-state index in [-0.39, 0.29) is 5.56 Å². The molecule has 8 heteroatoms. The third-order valence-corrected chi connectivity index (χ3v) is 6.87. The van der Waals surface area contributed by atoms with Crippen LogP contribution in [0.5, 0.6) is 0 Å². The van der Waals surface area contributed by atoms with Crippen molar-refractivity contribution in [3.8, 4) is 16.9 Å². The summed E-state index contributed by atoms with van der Waals surface area (Å²) in [5.41, 5.74) is 6.38. The Balaban J connectivity index is 1.73. The molecule has 3 aromatic heterocycles. The number of aromatic nitrogens is 4. The molecule has 36 heavy (non-hydrogen) atoms. The molecule has 180 valence electrons. The molecule has 7 nitrogen and oxygen atoms in total. The molecule has 0 aliphatic carbocycles. The van der Waals surface area contributed by atoms with Crippen molar-refractivity contribution in [1.29, 1.82) is 0 Å². The standard InChI is InChI=1S/C28H26N6OS/c1-19-13-15-22(16-14-19)25-18-36-28(33(25)31-20(2)24-12-8-9-17-29-24)30-26-21(3)32(4)34(27(26)35)23-10-6-5-7-11-23/h5-18H,1-4H3. The molecule has 0 saturated carbocycles. The summed E-state index contributed by atoms with van der Waals surface area (Å²) in [5.74, 6) is 0. The molecule has 0 saturated heterocycles. The normalized spacial score (nSPS) is 12.3. The monoisotopic (exact) mass is 494 g/mol. The van der Waals surface area contributed by atoms with E-state index in [4.69, 9.17) is 10.1 Å². The van der Waals surface area contributed by atoms with Crippen molar-refractivity contribution in [2.45, 2.75) is 20.8 Å². The first kappa shape index (κ1) is 23.4. The van der Waals surface area contributed by atoms with E-state index >= 15 is 0 Å². The Labute approximate surface area is 213 Å². The van der Waals surface area contributed by atoms with E-state index in [2.05, 4.69) is 36.2 Å². The summed E-state index contributed by atoms with van der Waals surface area (Å²) in [5, 5.41) is 6.92. The second-order valence-electron chi connectivity index (χ2n) is 8.50. The SMILES string of the molecule is CC(=Nn1c(-c2ccc(C)cc2)csc1=Nc1c(C)n(C)n(-c2ccccc2)c1=O)c1ccccn1. The number of nitrogens with zero attached hydrogens (tertiary/aromatic N) is 6. The Bertz CT molecular complexity index is 1670. The van der Waals surface area contributed by atoms with E-state index in [1.165, 1.54) is 16.9 Å². The van der Waals surface area contributed by atoms with Crippen molar-refractivity contribution in [2.75, 3.05) is 0 Å². The highest BCUT2D eigenvalue weighted by Gasteiger charge is 2.17. The summed E-state index contributed by atoms with van der Waals surface area (Å²) < 4.78 is 5.27. The van der Waals surface area contributed by atoms with Crippen LogP contribution in [0.4, 0.5) is 5.69 Å². The first-order chi connectivity index (χ1) is 17.4. The van der Waals surface area contributed by atoms with Crippen LogP contribution in [0.3, 0.4) is 0 Å². The molecule has 3 heterocycles. The Hall–Kier alpha value is -4.30. The van der Waals surface area contributed by atoms with Gasteiger partial charge in [0, 0.05) is 24.2 Å². The van der Waals surface area contributed by atoms with Gasteiger partial charge in [-0.05, 0) is 45.0 Å². The molecule has 0 unspecified atom stereocenters. The Morgan fingerprint density at radius 3 is 2.36 bits per heavy atom. The molecular formula is C28H26N6OS. The lowest BCUT2D eigenvalue weighted by atomic mass is 10.1. The zero-order chi connectivity index (χ0) is 25.2. The van der Waals surface area contributed by atoms with Gasteiger partial charge in [-0.15, -0.1) is 11.3 Å². The van der Waals surface area contributed by atoms with Crippen LogP contribution < -0.4 is 10.4 Å². The summed E-state index contributed by atoms with van der Waals surface area (Å²) in [6.07, 6.45) is 1.75. The summed E-state index contributed by atoms with van der Waals surface area (Å²) in [6.45, 7) is 5.89. The molecule has 5 aromatic rings. The molecule has 0 aliphatic rings. The smallest absolute Gasteiger partial charge is 0.283 e.